The van der Waals surface area contributed by atoms with Crippen molar-refractivity contribution in [1.29, 1.82) is 5.26 Å². The van der Waals surface area contributed by atoms with Gasteiger partial charge in [-0.25, -0.2) is 0 Å². The van der Waals surface area contributed by atoms with E-state index in [0.29, 0.717) is 12.6 Å². The third kappa shape index (κ3) is 5.56. The van der Waals surface area contributed by atoms with E-state index in [4.69, 9.17) is 26.7 Å². The van der Waals surface area contributed by atoms with Crippen LogP contribution in [0.25, 0.3) is 0 Å². The standard InChI is InChI=1S/C24H26ClN3O3/c25-19-5-1-17(2-6-19)13-27-23-21-14-28(15-22(21)23)9-10-31-20-7-3-16(4-8-20)11-18(12-26)24(29)30/h1-8,18,21-23,27H,9-11,13-15H2,(H,29,30)/t18?,21-,22+,23+. The number of ether oxygens (including phenoxy) is 1. The molecule has 0 aromatic heterocycles. The molecule has 2 fully saturated rings. The molecule has 2 aliphatic rings. The third-order valence-corrected chi connectivity index (χ3v) is 6.47. The highest BCUT2D eigenvalue weighted by Crippen LogP contribution is 2.45. The van der Waals surface area contributed by atoms with Gasteiger partial charge in [-0.05, 0) is 53.6 Å². The van der Waals surface area contributed by atoms with E-state index in [1.165, 1.54) is 5.56 Å². The Kier molecular flexibility index (Phi) is 6.77. The fraction of sp³-hybridized carbons (Fsp3) is 0.417. The van der Waals surface area contributed by atoms with Crippen LogP contribution >= 0.6 is 11.6 Å². The zero-order chi connectivity index (χ0) is 21.8. The summed E-state index contributed by atoms with van der Waals surface area (Å²) in [6, 6.07) is 17.7. The number of nitrogens with one attached hydrogen (secondary N) is 1. The number of hydrogen-bond donors (Lipinski definition) is 2. The maximum Gasteiger partial charge on any atom is 0.321 e. The number of nitrogens with zero attached hydrogens (tertiary/aromatic N) is 2. The number of fused-ring (bicyclic) bond motifs is 1. The molecule has 7 heteroatoms. The minimum absolute atomic E-state index is 0.204. The summed E-state index contributed by atoms with van der Waals surface area (Å²) in [5.74, 6) is 0.119. The number of carboxylic acids is 1. The van der Waals surface area contributed by atoms with Crippen molar-refractivity contribution in [3.63, 3.8) is 0 Å². The van der Waals surface area contributed by atoms with Gasteiger partial charge in [-0.15, -0.1) is 0 Å². The van der Waals surface area contributed by atoms with Gasteiger partial charge in [0.1, 0.15) is 18.3 Å². The molecule has 2 aromatic carbocycles. The molecule has 31 heavy (non-hydrogen) atoms. The molecule has 1 unspecified atom stereocenters. The fourth-order valence-electron chi connectivity index (χ4n) is 4.38. The molecule has 1 saturated carbocycles. The lowest BCUT2D eigenvalue weighted by Gasteiger charge is -2.20. The van der Waals surface area contributed by atoms with E-state index in [0.717, 1.165) is 54.4 Å². The molecule has 6 nitrogen and oxygen atoms in total. The maximum absolute atomic E-state index is 11.0. The van der Waals surface area contributed by atoms with Crippen LogP contribution in [0.15, 0.2) is 48.5 Å². The second-order valence-corrected chi connectivity index (χ2v) is 8.77. The van der Waals surface area contributed by atoms with Crippen LogP contribution in [0.3, 0.4) is 0 Å². The smallest absolute Gasteiger partial charge is 0.321 e. The van der Waals surface area contributed by atoms with Crippen LogP contribution in [-0.2, 0) is 17.8 Å². The van der Waals surface area contributed by atoms with Crippen molar-refractivity contribution < 1.29 is 14.6 Å². The summed E-state index contributed by atoms with van der Waals surface area (Å²) in [5.41, 5.74) is 2.08. The minimum Gasteiger partial charge on any atom is -0.492 e. The van der Waals surface area contributed by atoms with E-state index < -0.39 is 11.9 Å². The first-order chi connectivity index (χ1) is 15.0. The second kappa shape index (κ2) is 9.69. The lowest BCUT2D eigenvalue weighted by atomic mass is 10.0. The number of hydrogen-bond acceptors (Lipinski definition) is 5. The van der Waals surface area contributed by atoms with Gasteiger partial charge in [0.05, 0.1) is 6.07 Å². The number of aliphatic carboxylic acids is 1. The minimum atomic E-state index is -1.09. The van der Waals surface area contributed by atoms with Crippen molar-refractivity contribution in [2.24, 2.45) is 17.8 Å². The summed E-state index contributed by atoms with van der Waals surface area (Å²) < 4.78 is 5.84. The molecule has 1 saturated heterocycles. The van der Waals surface area contributed by atoms with Crippen molar-refractivity contribution in [3.8, 4) is 11.8 Å². The molecule has 4 atom stereocenters. The summed E-state index contributed by atoms with van der Waals surface area (Å²) in [7, 11) is 0. The molecular formula is C24H26ClN3O3. The highest BCUT2D eigenvalue weighted by molar-refractivity contribution is 6.30. The molecule has 0 bridgehead atoms. The van der Waals surface area contributed by atoms with Gasteiger partial charge in [0.25, 0.3) is 0 Å². The summed E-state index contributed by atoms with van der Waals surface area (Å²) in [6.07, 6.45) is 0.204. The van der Waals surface area contributed by atoms with E-state index >= 15 is 0 Å². The zero-order valence-electron chi connectivity index (χ0n) is 17.2. The van der Waals surface area contributed by atoms with Gasteiger partial charge in [0, 0.05) is 37.2 Å². The van der Waals surface area contributed by atoms with E-state index in [2.05, 4.69) is 22.3 Å². The Balaban J connectivity index is 1.13. The van der Waals surface area contributed by atoms with Crippen LogP contribution in [0.2, 0.25) is 5.02 Å². The summed E-state index contributed by atoms with van der Waals surface area (Å²) >= 11 is 5.94. The lowest BCUT2D eigenvalue weighted by Crippen LogP contribution is -2.33. The molecule has 162 valence electrons. The van der Waals surface area contributed by atoms with Gasteiger partial charge in [0.2, 0.25) is 0 Å². The van der Waals surface area contributed by atoms with Gasteiger partial charge in [0.15, 0.2) is 0 Å². The number of likely N-dealkylation sites (tertiary alicyclic amines) is 1. The number of carbonyl (C=O) groups is 1. The monoisotopic (exact) mass is 439 g/mol. The first-order valence-corrected chi connectivity index (χ1v) is 11.0. The van der Waals surface area contributed by atoms with Crippen LogP contribution in [0.5, 0.6) is 5.75 Å². The molecule has 0 spiro atoms. The van der Waals surface area contributed by atoms with Crippen LogP contribution in [-0.4, -0.2) is 48.3 Å². The Labute approximate surface area is 187 Å². The number of piperidine rings is 1. The van der Waals surface area contributed by atoms with Crippen molar-refractivity contribution in [2.45, 2.75) is 19.0 Å². The average Bonchev–Trinajstić information content (AvgIpc) is 3.22. The zero-order valence-corrected chi connectivity index (χ0v) is 18.0. The Morgan fingerprint density at radius 3 is 2.42 bits per heavy atom. The SMILES string of the molecule is N#CC(Cc1ccc(OCCN2C[C@@H]3[C@H](C2)[C@H]3NCc2ccc(Cl)cc2)cc1)C(=O)O. The van der Waals surface area contributed by atoms with Crippen LogP contribution in [0, 0.1) is 29.1 Å². The van der Waals surface area contributed by atoms with E-state index in [1.54, 1.807) is 0 Å². The number of halogens is 1. The Morgan fingerprint density at radius 1 is 1.16 bits per heavy atom. The van der Waals surface area contributed by atoms with Gasteiger partial charge in [-0.2, -0.15) is 5.26 Å². The average molecular weight is 440 g/mol. The Hall–Kier alpha value is -2.59. The summed E-state index contributed by atoms with van der Waals surface area (Å²) in [5, 5.41) is 22.3. The van der Waals surface area contributed by atoms with Crippen molar-refractivity contribution in [1.82, 2.24) is 10.2 Å². The lowest BCUT2D eigenvalue weighted by molar-refractivity contribution is -0.139. The molecule has 0 amide bonds. The van der Waals surface area contributed by atoms with E-state index in [-0.39, 0.29) is 6.42 Å². The Morgan fingerprint density at radius 2 is 1.81 bits per heavy atom. The molecule has 1 heterocycles. The molecular weight excluding hydrogens is 414 g/mol. The molecule has 1 aliphatic carbocycles. The summed E-state index contributed by atoms with van der Waals surface area (Å²) in [6.45, 7) is 4.62. The highest BCUT2D eigenvalue weighted by Gasteiger charge is 2.55. The van der Waals surface area contributed by atoms with Crippen LogP contribution in [0.4, 0.5) is 0 Å². The molecule has 4 rings (SSSR count). The van der Waals surface area contributed by atoms with Crippen molar-refractivity contribution in [3.05, 3.63) is 64.7 Å². The summed E-state index contributed by atoms with van der Waals surface area (Å²) in [4.78, 5) is 13.4. The van der Waals surface area contributed by atoms with Gasteiger partial charge in [-0.1, -0.05) is 35.9 Å². The molecule has 2 aromatic rings. The van der Waals surface area contributed by atoms with Gasteiger partial charge in [-0.3, -0.25) is 9.69 Å². The van der Waals surface area contributed by atoms with Gasteiger partial charge >= 0.3 is 5.97 Å². The van der Waals surface area contributed by atoms with Crippen molar-refractivity contribution >= 4 is 17.6 Å². The maximum atomic E-state index is 11.0. The number of benzene rings is 2. The second-order valence-electron chi connectivity index (χ2n) is 8.34. The van der Waals surface area contributed by atoms with E-state index in [1.807, 2.05) is 42.5 Å². The van der Waals surface area contributed by atoms with Crippen molar-refractivity contribution in [2.75, 3.05) is 26.2 Å². The molecule has 2 N–H and O–H groups in total. The fourth-order valence-corrected chi connectivity index (χ4v) is 4.50. The first kappa shape index (κ1) is 21.6. The third-order valence-electron chi connectivity index (χ3n) is 6.22. The topological polar surface area (TPSA) is 85.6 Å². The molecule has 1 aliphatic heterocycles. The highest BCUT2D eigenvalue weighted by atomic mass is 35.5. The van der Waals surface area contributed by atoms with Crippen LogP contribution < -0.4 is 10.1 Å². The number of carboxylic acid groups (broad SMARTS) is 1. The predicted octanol–water partition coefficient (Wildman–Crippen LogP) is 3.21. The largest absolute Gasteiger partial charge is 0.492 e. The molecule has 0 radical (unpaired) electrons. The first-order valence-electron chi connectivity index (χ1n) is 10.6. The normalized spacial score (nSPS) is 23.0. The quantitative estimate of drug-likeness (QED) is 0.591. The van der Waals surface area contributed by atoms with Crippen LogP contribution in [0.1, 0.15) is 11.1 Å². The van der Waals surface area contributed by atoms with Gasteiger partial charge < -0.3 is 15.2 Å². The predicted molar refractivity (Wildman–Crippen MR) is 118 cm³/mol. The number of rotatable bonds is 10. The number of nitriles is 1. The Bertz CT molecular complexity index is 930. The van der Waals surface area contributed by atoms with E-state index in [9.17, 15) is 4.79 Å².